The molecule has 1 aromatic carbocycles. The molecule has 0 radical (unpaired) electrons. The van der Waals surface area contributed by atoms with Crippen LogP contribution in [0.4, 0.5) is 0 Å². The lowest BCUT2D eigenvalue weighted by atomic mass is 9.84. The van der Waals surface area contributed by atoms with E-state index in [9.17, 15) is 9.90 Å². The van der Waals surface area contributed by atoms with Crippen LogP contribution < -0.4 is 0 Å². The summed E-state index contributed by atoms with van der Waals surface area (Å²) >= 11 is 0. The van der Waals surface area contributed by atoms with E-state index in [0.717, 1.165) is 22.4 Å². The SMILES string of the molecule is Cc1cc(O)c(C(C)(C)C)cc1-c1cc(C(=O)O)nn1C. The largest absolute Gasteiger partial charge is 0.508 e. The van der Waals surface area contributed by atoms with Crippen molar-refractivity contribution < 1.29 is 15.0 Å². The van der Waals surface area contributed by atoms with Gasteiger partial charge in [0, 0.05) is 12.6 Å². The van der Waals surface area contributed by atoms with Gasteiger partial charge in [0.25, 0.3) is 0 Å². The number of carboxylic acid groups (broad SMARTS) is 1. The van der Waals surface area contributed by atoms with Crippen LogP contribution in [0.15, 0.2) is 18.2 Å². The molecule has 2 aromatic rings. The van der Waals surface area contributed by atoms with Crippen molar-refractivity contribution in [1.82, 2.24) is 9.78 Å². The van der Waals surface area contributed by atoms with E-state index in [4.69, 9.17) is 5.11 Å². The van der Waals surface area contributed by atoms with Crippen molar-refractivity contribution in [2.45, 2.75) is 33.1 Å². The molecule has 112 valence electrons. The third kappa shape index (κ3) is 2.77. The summed E-state index contributed by atoms with van der Waals surface area (Å²) in [5.74, 6) is -0.797. The summed E-state index contributed by atoms with van der Waals surface area (Å²) in [7, 11) is 1.71. The molecule has 0 atom stereocenters. The predicted molar refractivity (Wildman–Crippen MR) is 80.7 cm³/mol. The van der Waals surface area contributed by atoms with Gasteiger partial charge in [-0.05, 0) is 41.7 Å². The Labute approximate surface area is 123 Å². The van der Waals surface area contributed by atoms with E-state index < -0.39 is 5.97 Å². The Bertz CT molecular complexity index is 709. The van der Waals surface area contributed by atoms with E-state index in [1.54, 1.807) is 23.9 Å². The molecule has 0 fully saturated rings. The zero-order valence-corrected chi connectivity index (χ0v) is 12.9. The fourth-order valence-electron chi connectivity index (χ4n) is 2.39. The number of benzene rings is 1. The number of hydrogen-bond acceptors (Lipinski definition) is 3. The fraction of sp³-hybridized carbons (Fsp3) is 0.375. The Kier molecular flexibility index (Phi) is 3.53. The van der Waals surface area contributed by atoms with Gasteiger partial charge in [0.05, 0.1) is 5.69 Å². The third-order valence-electron chi connectivity index (χ3n) is 3.53. The van der Waals surface area contributed by atoms with E-state index in [1.807, 2.05) is 33.8 Å². The number of carbonyl (C=O) groups is 1. The average molecular weight is 288 g/mol. The van der Waals surface area contributed by atoms with Gasteiger partial charge in [-0.2, -0.15) is 5.10 Å². The predicted octanol–water partition coefficient (Wildman–Crippen LogP) is 3.10. The number of phenols is 1. The van der Waals surface area contributed by atoms with Crippen molar-refractivity contribution in [2.24, 2.45) is 7.05 Å². The number of rotatable bonds is 2. The van der Waals surface area contributed by atoms with Crippen LogP contribution >= 0.6 is 0 Å². The minimum Gasteiger partial charge on any atom is -0.508 e. The number of aromatic nitrogens is 2. The van der Waals surface area contributed by atoms with E-state index in [0.29, 0.717) is 0 Å². The third-order valence-corrected chi connectivity index (χ3v) is 3.53. The Balaban J connectivity index is 2.67. The van der Waals surface area contributed by atoms with Gasteiger partial charge in [0.1, 0.15) is 5.75 Å². The van der Waals surface area contributed by atoms with Gasteiger partial charge >= 0.3 is 5.97 Å². The Morgan fingerprint density at radius 2 is 1.86 bits per heavy atom. The van der Waals surface area contributed by atoms with E-state index in [1.165, 1.54) is 0 Å². The molecule has 1 heterocycles. The highest BCUT2D eigenvalue weighted by atomic mass is 16.4. The second-order valence-corrected chi connectivity index (χ2v) is 6.28. The van der Waals surface area contributed by atoms with Gasteiger partial charge in [-0.25, -0.2) is 4.79 Å². The smallest absolute Gasteiger partial charge is 0.356 e. The van der Waals surface area contributed by atoms with Crippen molar-refractivity contribution in [1.29, 1.82) is 0 Å². The number of phenolic OH excluding ortho intramolecular Hbond substituents is 1. The van der Waals surface area contributed by atoms with Crippen LogP contribution in [0.5, 0.6) is 5.75 Å². The minimum atomic E-state index is -1.05. The van der Waals surface area contributed by atoms with Crippen molar-refractivity contribution >= 4 is 5.97 Å². The normalized spacial score (nSPS) is 11.7. The molecular weight excluding hydrogens is 268 g/mol. The van der Waals surface area contributed by atoms with Crippen LogP contribution in [0, 0.1) is 6.92 Å². The zero-order chi connectivity index (χ0) is 15.9. The molecule has 5 nitrogen and oxygen atoms in total. The van der Waals surface area contributed by atoms with Gasteiger partial charge in [0.15, 0.2) is 5.69 Å². The molecule has 0 bridgehead atoms. The van der Waals surface area contributed by atoms with Crippen molar-refractivity contribution in [3.8, 4) is 17.0 Å². The topological polar surface area (TPSA) is 75.3 Å². The Morgan fingerprint density at radius 3 is 2.33 bits per heavy atom. The first-order valence-corrected chi connectivity index (χ1v) is 6.73. The molecule has 2 rings (SSSR count). The molecular formula is C16H20N2O3. The van der Waals surface area contributed by atoms with Gasteiger partial charge in [-0.3, -0.25) is 4.68 Å². The summed E-state index contributed by atoms with van der Waals surface area (Å²) in [4.78, 5) is 11.0. The molecule has 21 heavy (non-hydrogen) atoms. The summed E-state index contributed by atoms with van der Waals surface area (Å²) in [6, 6.07) is 5.17. The molecule has 2 N–H and O–H groups in total. The molecule has 1 aromatic heterocycles. The number of aryl methyl sites for hydroxylation is 2. The molecule has 0 saturated carbocycles. The van der Waals surface area contributed by atoms with Crippen LogP contribution in [0.3, 0.4) is 0 Å². The number of aromatic hydroxyl groups is 1. The summed E-state index contributed by atoms with van der Waals surface area (Å²) in [6.45, 7) is 7.95. The highest BCUT2D eigenvalue weighted by Crippen LogP contribution is 2.36. The molecule has 0 saturated heterocycles. The molecule has 0 aliphatic heterocycles. The molecule has 5 heteroatoms. The van der Waals surface area contributed by atoms with Gasteiger partial charge in [0.2, 0.25) is 0 Å². The van der Waals surface area contributed by atoms with Crippen LogP contribution in [-0.2, 0) is 12.5 Å². The lowest BCUT2D eigenvalue weighted by Gasteiger charge is -2.22. The van der Waals surface area contributed by atoms with Crippen LogP contribution in [0.2, 0.25) is 0 Å². The summed E-state index contributed by atoms with van der Waals surface area (Å²) in [5.41, 5.74) is 3.09. The first-order valence-electron chi connectivity index (χ1n) is 6.73. The molecule has 0 spiro atoms. The van der Waals surface area contributed by atoms with E-state index >= 15 is 0 Å². The van der Waals surface area contributed by atoms with Gasteiger partial charge in [-0.1, -0.05) is 20.8 Å². The first kappa shape index (κ1) is 15.1. The Morgan fingerprint density at radius 1 is 1.24 bits per heavy atom. The van der Waals surface area contributed by atoms with Gasteiger partial charge in [-0.15, -0.1) is 0 Å². The minimum absolute atomic E-state index is 0.0114. The number of hydrogen-bond donors (Lipinski definition) is 2. The zero-order valence-electron chi connectivity index (χ0n) is 12.9. The molecule has 0 amide bonds. The van der Waals surface area contributed by atoms with Crippen LogP contribution in [0.25, 0.3) is 11.3 Å². The number of nitrogens with zero attached hydrogens (tertiary/aromatic N) is 2. The molecule has 0 unspecified atom stereocenters. The Hall–Kier alpha value is -2.30. The van der Waals surface area contributed by atoms with Crippen molar-refractivity contribution in [3.63, 3.8) is 0 Å². The molecule has 0 aliphatic rings. The summed E-state index contributed by atoms with van der Waals surface area (Å²) in [6.07, 6.45) is 0. The highest BCUT2D eigenvalue weighted by Gasteiger charge is 2.22. The van der Waals surface area contributed by atoms with Gasteiger partial charge < -0.3 is 10.2 Å². The quantitative estimate of drug-likeness (QED) is 0.890. The lowest BCUT2D eigenvalue weighted by Crippen LogP contribution is -2.12. The monoisotopic (exact) mass is 288 g/mol. The maximum absolute atomic E-state index is 11.0. The number of carboxylic acids is 1. The van der Waals surface area contributed by atoms with Crippen LogP contribution in [0.1, 0.15) is 42.4 Å². The van der Waals surface area contributed by atoms with E-state index in [-0.39, 0.29) is 16.9 Å². The maximum atomic E-state index is 11.0. The second kappa shape index (κ2) is 4.91. The van der Waals surface area contributed by atoms with Crippen LogP contribution in [-0.4, -0.2) is 26.0 Å². The lowest BCUT2D eigenvalue weighted by molar-refractivity contribution is 0.0689. The van der Waals surface area contributed by atoms with Crippen molar-refractivity contribution in [3.05, 3.63) is 35.0 Å². The van der Waals surface area contributed by atoms with E-state index in [2.05, 4.69) is 5.10 Å². The average Bonchev–Trinajstić information content (AvgIpc) is 2.70. The second-order valence-electron chi connectivity index (χ2n) is 6.28. The standard InChI is InChI=1S/C16H20N2O3/c1-9-6-14(19)11(16(2,3)4)7-10(9)13-8-12(15(20)21)17-18(13)5/h6-8,19H,1-5H3,(H,20,21). The number of aromatic carboxylic acids is 1. The maximum Gasteiger partial charge on any atom is 0.356 e. The fourth-order valence-corrected chi connectivity index (χ4v) is 2.39. The molecule has 0 aliphatic carbocycles. The highest BCUT2D eigenvalue weighted by molar-refractivity contribution is 5.87. The summed E-state index contributed by atoms with van der Waals surface area (Å²) < 4.78 is 1.55. The summed E-state index contributed by atoms with van der Waals surface area (Å²) in [5, 5.41) is 23.2. The first-order chi connectivity index (χ1) is 9.61. The van der Waals surface area contributed by atoms with Crippen molar-refractivity contribution in [2.75, 3.05) is 0 Å².